The molecule has 0 fully saturated rings. The zero-order chi connectivity index (χ0) is 20.9. The lowest BCUT2D eigenvalue weighted by molar-refractivity contribution is -0.115. The molecule has 0 spiro atoms. The van der Waals surface area contributed by atoms with Gasteiger partial charge in [0.25, 0.3) is 0 Å². The van der Waals surface area contributed by atoms with Gasteiger partial charge in [0.1, 0.15) is 16.3 Å². The van der Waals surface area contributed by atoms with Crippen molar-refractivity contribution in [2.45, 2.75) is 42.8 Å². The van der Waals surface area contributed by atoms with Crippen LogP contribution in [0.3, 0.4) is 0 Å². The first-order valence-corrected chi connectivity index (χ1v) is 12.0. The predicted molar refractivity (Wildman–Crippen MR) is 125 cm³/mol. The predicted octanol–water partition coefficient (Wildman–Crippen LogP) is 6.61. The summed E-state index contributed by atoms with van der Waals surface area (Å²) < 4.78 is 0. The number of carbonyl (C=O) groups is 1. The summed E-state index contributed by atoms with van der Waals surface area (Å²) in [6.07, 6.45) is 4.23. The molecule has 0 bridgehead atoms. The Morgan fingerprint density at radius 1 is 1.20 bits per heavy atom. The van der Waals surface area contributed by atoms with Crippen LogP contribution in [-0.4, -0.2) is 5.91 Å². The average molecular weight is 433 g/mol. The fraction of sp³-hybridized carbons (Fsp3) is 0.280. The zero-order valence-corrected chi connectivity index (χ0v) is 18.6. The lowest BCUT2D eigenvalue weighted by Gasteiger charge is -2.20. The van der Waals surface area contributed by atoms with Crippen LogP contribution >= 0.6 is 23.1 Å². The van der Waals surface area contributed by atoms with Crippen LogP contribution in [0.2, 0.25) is 0 Å². The van der Waals surface area contributed by atoms with Gasteiger partial charge in [0.15, 0.2) is 0 Å². The van der Waals surface area contributed by atoms with E-state index in [0.717, 1.165) is 41.7 Å². The second kappa shape index (κ2) is 9.51. The van der Waals surface area contributed by atoms with Crippen molar-refractivity contribution >= 4 is 34.0 Å². The molecule has 0 radical (unpaired) electrons. The van der Waals surface area contributed by atoms with E-state index in [0.29, 0.717) is 16.5 Å². The van der Waals surface area contributed by atoms with Gasteiger partial charge in [-0.3, -0.25) is 4.79 Å². The number of nitriles is 1. The monoisotopic (exact) mass is 432 g/mol. The summed E-state index contributed by atoms with van der Waals surface area (Å²) in [6.45, 7) is 2.22. The average Bonchev–Trinajstić information content (AvgIpc) is 3.14. The van der Waals surface area contributed by atoms with Gasteiger partial charge in [-0.25, -0.2) is 0 Å². The molecule has 1 heterocycles. The van der Waals surface area contributed by atoms with Gasteiger partial charge in [-0.1, -0.05) is 61.9 Å². The van der Waals surface area contributed by atoms with Gasteiger partial charge in [0, 0.05) is 9.77 Å². The summed E-state index contributed by atoms with van der Waals surface area (Å²) in [6, 6.07) is 22.2. The summed E-state index contributed by atoms with van der Waals surface area (Å²) in [5.41, 5.74) is 2.76. The van der Waals surface area contributed by atoms with Crippen LogP contribution in [0.5, 0.6) is 0 Å². The molecule has 3 nitrogen and oxygen atoms in total. The number of amides is 1. The van der Waals surface area contributed by atoms with Crippen molar-refractivity contribution in [1.82, 2.24) is 0 Å². The molecule has 0 unspecified atom stereocenters. The van der Waals surface area contributed by atoms with Crippen molar-refractivity contribution < 1.29 is 4.79 Å². The molecule has 2 atom stereocenters. The van der Waals surface area contributed by atoms with Crippen molar-refractivity contribution in [3.05, 3.63) is 82.2 Å². The van der Waals surface area contributed by atoms with Crippen LogP contribution in [0.1, 0.15) is 46.6 Å². The van der Waals surface area contributed by atoms with E-state index >= 15 is 0 Å². The maximum absolute atomic E-state index is 13.4. The first-order valence-electron chi connectivity index (χ1n) is 10.3. The maximum atomic E-state index is 13.4. The number of fused-ring (bicyclic) bond motifs is 1. The molecule has 1 amide bonds. The fourth-order valence-electron chi connectivity index (χ4n) is 3.92. The van der Waals surface area contributed by atoms with Crippen molar-refractivity contribution in [2.75, 3.05) is 5.32 Å². The number of thioether (sulfide) groups is 1. The molecular weight excluding hydrogens is 408 g/mol. The van der Waals surface area contributed by atoms with Gasteiger partial charge in [-0.05, 0) is 48.4 Å². The number of rotatable bonds is 6. The quantitative estimate of drug-likeness (QED) is 0.446. The largest absolute Gasteiger partial charge is 0.315 e. The minimum Gasteiger partial charge on any atom is -0.315 e. The summed E-state index contributed by atoms with van der Waals surface area (Å²) in [5.74, 6) is 0.592. The first kappa shape index (κ1) is 20.7. The van der Waals surface area contributed by atoms with E-state index in [4.69, 9.17) is 0 Å². The molecule has 4 rings (SSSR count). The first-order chi connectivity index (χ1) is 14.7. The standard InChI is InChI=1S/C25H24N2OS2/c1-2-17-13-14-20-21(16-26)25(30-22(20)15-17)27-24(28)23(18-9-5-3-6-10-18)29-19-11-7-4-8-12-19/h3-12,17,23H,2,13-15H2,1H3,(H,27,28)/t17-,23-/m1/s1. The molecule has 0 aliphatic heterocycles. The van der Waals surface area contributed by atoms with Gasteiger partial charge in [-0.2, -0.15) is 5.26 Å². The topological polar surface area (TPSA) is 52.9 Å². The number of anilines is 1. The number of nitrogens with one attached hydrogen (secondary N) is 1. The lowest BCUT2D eigenvalue weighted by Crippen LogP contribution is -2.19. The Morgan fingerprint density at radius 3 is 2.57 bits per heavy atom. The van der Waals surface area contributed by atoms with Crippen LogP contribution in [0, 0.1) is 17.2 Å². The molecule has 2 aromatic carbocycles. The summed E-state index contributed by atoms with van der Waals surface area (Å²) in [5, 5.41) is 13.2. The van der Waals surface area contributed by atoms with Crippen LogP contribution in [0.15, 0.2) is 65.6 Å². The van der Waals surface area contributed by atoms with Crippen LogP contribution in [-0.2, 0) is 17.6 Å². The molecule has 1 aromatic heterocycles. The Morgan fingerprint density at radius 2 is 1.90 bits per heavy atom. The van der Waals surface area contributed by atoms with E-state index in [1.54, 1.807) is 11.3 Å². The Labute approximate surface area is 186 Å². The van der Waals surface area contributed by atoms with Gasteiger partial charge in [0.05, 0.1) is 5.56 Å². The highest BCUT2D eigenvalue weighted by Gasteiger charge is 2.28. The van der Waals surface area contributed by atoms with Gasteiger partial charge in [0.2, 0.25) is 5.91 Å². The van der Waals surface area contributed by atoms with E-state index in [-0.39, 0.29) is 11.2 Å². The molecule has 1 aliphatic carbocycles. The smallest absolute Gasteiger partial charge is 0.243 e. The summed E-state index contributed by atoms with van der Waals surface area (Å²) in [4.78, 5) is 15.7. The van der Waals surface area contributed by atoms with Crippen molar-refractivity contribution in [3.8, 4) is 6.07 Å². The van der Waals surface area contributed by atoms with E-state index in [1.807, 2.05) is 60.7 Å². The highest BCUT2D eigenvalue weighted by molar-refractivity contribution is 8.00. The Kier molecular flexibility index (Phi) is 6.56. The number of nitrogens with zero attached hydrogens (tertiary/aromatic N) is 1. The molecule has 5 heteroatoms. The Balaban J connectivity index is 1.62. The van der Waals surface area contributed by atoms with Gasteiger partial charge >= 0.3 is 0 Å². The van der Waals surface area contributed by atoms with Crippen molar-refractivity contribution in [1.29, 1.82) is 5.26 Å². The SMILES string of the molecule is CC[C@@H]1CCc2c(sc(NC(=O)[C@H](Sc3ccccc3)c3ccccc3)c2C#N)C1. The molecule has 30 heavy (non-hydrogen) atoms. The van der Waals surface area contributed by atoms with Crippen LogP contribution < -0.4 is 5.32 Å². The molecular formula is C25H24N2OS2. The molecule has 1 N–H and O–H groups in total. The molecule has 1 aliphatic rings. The van der Waals surface area contributed by atoms with E-state index in [2.05, 4.69) is 18.3 Å². The molecule has 0 saturated carbocycles. The lowest BCUT2D eigenvalue weighted by atomic mass is 9.86. The van der Waals surface area contributed by atoms with E-state index < -0.39 is 0 Å². The highest BCUT2D eigenvalue weighted by Crippen LogP contribution is 2.42. The second-order valence-electron chi connectivity index (χ2n) is 7.55. The highest BCUT2D eigenvalue weighted by atomic mass is 32.2. The molecule has 152 valence electrons. The van der Waals surface area contributed by atoms with Crippen molar-refractivity contribution in [2.24, 2.45) is 5.92 Å². The third-order valence-corrected chi connectivity index (χ3v) is 8.07. The maximum Gasteiger partial charge on any atom is 0.243 e. The fourth-order valence-corrected chi connectivity index (χ4v) is 6.28. The molecule has 3 aromatic rings. The third kappa shape index (κ3) is 4.45. The van der Waals surface area contributed by atoms with Crippen LogP contribution in [0.4, 0.5) is 5.00 Å². The van der Waals surface area contributed by atoms with E-state index in [9.17, 15) is 10.1 Å². The minimum atomic E-state index is -0.386. The molecule has 0 saturated heterocycles. The van der Waals surface area contributed by atoms with E-state index in [1.165, 1.54) is 16.6 Å². The number of benzene rings is 2. The number of carbonyl (C=O) groups excluding carboxylic acids is 1. The second-order valence-corrected chi connectivity index (χ2v) is 9.83. The Hall–Kier alpha value is -2.55. The minimum absolute atomic E-state index is 0.0859. The van der Waals surface area contributed by atoms with Gasteiger partial charge in [-0.15, -0.1) is 23.1 Å². The zero-order valence-electron chi connectivity index (χ0n) is 16.9. The summed E-state index contributed by atoms with van der Waals surface area (Å²) in [7, 11) is 0. The number of hydrogen-bond acceptors (Lipinski definition) is 4. The van der Waals surface area contributed by atoms with Crippen LogP contribution in [0.25, 0.3) is 0 Å². The van der Waals surface area contributed by atoms with Gasteiger partial charge < -0.3 is 5.32 Å². The Bertz CT molecular complexity index is 1050. The normalized spacial score (nSPS) is 16.3. The third-order valence-electron chi connectivity index (χ3n) is 5.63. The number of thiophene rings is 1. The number of hydrogen-bond donors (Lipinski definition) is 1. The van der Waals surface area contributed by atoms with Crippen molar-refractivity contribution in [3.63, 3.8) is 0 Å². The summed E-state index contributed by atoms with van der Waals surface area (Å²) >= 11 is 3.12.